The molecule has 0 aliphatic heterocycles. The van der Waals surface area contributed by atoms with Crippen LogP contribution in [0.3, 0.4) is 0 Å². The van der Waals surface area contributed by atoms with Crippen molar-refractivity contribution in [1.82, 2.24) is 5.32 Å². The Morgan fingerprint density at radius 1 is 1.29 bits per heavy atom. The summed E-state index contributed by atoms with van der Waals surface area (Å²) in [4.78, 5) is 23.5. The van der Waals surface area contributed by atoms with E-state index in [0.717, 1.165) is 15.4 Å². The molecule has 2 amide bonds. The smallest absolute Gasteiger partial charge is 0.319 e. The maximum absolute atomic E-state index is 11.5. The number of nitro groups is 1. The van der Waals surface area contributed by atoms with Crippen LogP contribution in [-0.2, 0) is 0 Å². The van der Waals surface area contributed by atoms with Gasteiger partial charge in [-0.25, -0.2) is 4.79 Å². The molecule has 0 aliphatic rings. The third kappa shape index (κ3) is 4.62. The molecule has 8 heteroatoms. The van der Waals surface area contributed by atoms with Crippen LogP contribution in [0.1, 0.15) is 12.5 Å². The maximum atomic E-state index is 11.5. The van der Waals surface area contributed by atoms with Crippen LogP contribution in [0.2, 0.25) is 5.02 Å². The lowest BCUT2D eigenvalue weighted by atomic mass is 10.2. The van der Waals surface area contributed by atoms with Crippen molar-refractivity contribution in [3.63, 3.8) is 0 Å². The molecular formula is C16H16ClN3O3S. The van der Waals surface area contributed by atoms with Crippen LogP contribution in [-0.4, -0.2) is 17.5 Å². The van der Waals surface area contributed by atoms with E-state index in [1.54, 1.807) is 19.1 Å². The number of hydrogen-bond acceptors (Lipinski definition) is 4. The lowest BCUT2D eigenvalue weighted by Gasteiger charge is -2.09. The van der Waals surface area contributed by atoms with Gasteiger partial charge in [0.05, 0.1) is 9.95 Å². The van der Waals surface area contributed by atoms with Gasteiger partial charge in [0.1, 0.15) is 0 Å². The predicted octanol–water partition coefficient (Wildman–Crippen LogP) is 4.85. The molecule has 126 valence electrons. The number of non-ortho nitro benzene ring substituents is 1. The summed E-state index contributed by atoms with van der Waals surface area (Å²) >= 11 is 7.59. The van der Waals surface area contributed by atoms with Crippen LogP contribution in [0.5, 0.6) is 0 Å². The van der Waals surface area contributed by atoms with Crippen LogP contribution in [0.25, 0.3) is 0 Å². The molecule has 0 bridgehead atoms. The third-order valence-corrected chi connectivity index (χ3v) is 4.76. The van der Waals surface area contributed by atoms with Crippen LogP contribution in [0.4, 0.5) is 16.2 Å². The van der Waals surface area contributed by atoms with Gasteiger partial charge < -0.3 is 10.6 Å². The fraction of sp³-hybridized carbons (Fsp3) is 0.188. The van der Waals surface area contributed by atoms with Gasteiger partial charge in [-0.3, -0.25) is 10.1 Å². The first kappa shape index (κ1) is 18.1. The van der Waals surface area contributed by atoms with Gasteiger partial charge in [-0.15, -0.1) is 0 Å². The Labute approximate surface area is 148 Å². The van der Waals surface area contributed by atoms with E-state index < -0.39 is 4.92 Å². The number of nitrogens with zero attached hydrogens (tertiary/aromatic N) is 1. The van der Waals surface area contributed by atoms with E-state index in [-0.39, 0.29) is 11.7 Å². The van der Waals surface area contributed by atoms with Crippen molar-refractivity contribution in [2.24, 2.45) is 0 Å². The second-order valence-corrected chi connectivity index (χ2v) is 6.43. The second-order valence-electron chi connectivity index (χ2n) is 4.94. The first-order chi connectivity index (χ1) is 11.4. The Kier molecular flexibility index (Phi) is 6.05. The number of nitrogens with one attached hydrogen (secondary N) is 2. The van der Waals surface area contributed by atoms with Crippen molar-refractivity contribution in [3.05, 3.63) is 57.1 Å². The first-order valence-electron chi connectivity index (χ1n) is 7.18. The lowest BCUT2D eigenvalue weighted by Crippen LogP contribution is -2.28. The van der Waals surface area contributed by atoms with Crippen molar-refractivity contribution in [3.8, 4) is 0 Å². The molecule has 0 aromatic heterocycles. The van der Waals surface area contributed by atoms with E-state index in [2.05, 4.69) is 10.6 Å². The Hall–Kier alpha value is -2.25. The highest BCUT2D eigenvalue weighted by Gasteiger charge is 2.14. The maximum Gasteiger partial charge on any atom is 0.319 e. The van der Waals surface area contributed by atoms with Gasteiger partial charge >= 0.3 is 6.03 Å². The number of urea groups is 1. The minimum atomic E-state index is -0.463. The van der Waals surface area contributed by atoms with Gasteiger partial charge in [0.15, 0.2) is 0 Å². The molecule has 2 rings (SSSR count). The van der Waals surface area contributed by atoms with Crippen molar-refractivity contribution >= 4 is 40.8 Å². The number of nitro benzene ring substituents is 1. The molecule has 0 saturated heterocycles. The van der Waals surface area contributed by atoms with Gasteiger partial charge in [0.25, 0.3) is 5.69 Å². The predicted molar refractivity (Wildman–Crippen MR) is 96.1 cm³/mol. The van der Waals surface area contributed by atoms with E-state index in [9.17, 15) is 14.9 Å². The van der Waals surface area contributed by atoms with Crippen LogP contribution >= 0.6 is 23.4 Å². The molecule has 24 heavy (non-hydrogen) atoms. The van der Waals surface area contributed by atoms with Crippen molar-refractivity contribution in [2.75, 3.05) is 11.9 Å². The minimum absolute atomic E-state index is 0.0247. The molecule has 6 nitrogen and oxygen atoms in total. The van der Waals surface area contributed by atoms with Crippen molar-refractivity contribution in [1.29, 1.82) is 0 Å². The summed E-state index contributed by atoms with van der Waals surface area (Å²) in [5.74, 6) is 0. The molecule has 2 aromatic carbocycles. The number of benzene rings is 2. The molecule has 0 aliphatic carbocycles. The molecule has 2 N–H and O–H groups in total. The topological polar surface area (TPSA) is 84.3 Å². The number of rotatable bonds is 5. The minimum Gasteiger partial charge on any atom is -0.338 e. The molecule has 0 fully saturated rings. The zero-order valence-electron chi connectivity index (χ0n) is 13.1. The number of hydrogen-bond donors (Lipinski definition) is 2. The second kappa shape index (κ2) is 8.03. The van der Waals surface area contributed by atoms with Crippen molar-refractivity contribution in [2.45, 2.75) is 23.6 Å². The Morgan fingerprint density at radius 3 is 2.50 bits per heavy atom. The van der Waals surface area contributed by atoms with Gasteiger partial charge in [-0.1, -0.05) is 23.4 Å². The average Bonchev–Trinajstić information content (AvgIpc) is 2.52. The van der Waals surface area contributed by atoms with Gasteiger partial charge in [-0.2, -0.15) is 0 Å². The molecule has 0 saturated carbocycles. The molecule has 0 radical (unpaired) electrons. The summed E-state index contributed by atoms with van der Waals surface area (Å²) in [6.45, 7) is 4.18. The number of anilines is 1. The highest BCUT2D eigenvalue weighted by atomic mass is 35.5. The first-order valence-corrected chi connectivity index (χ1v) is 8.37. The van der Waals surface area contributed by atoms with Crippen LogP contribution in [0, 0.1) is 17.0 Å². The van der Waals surface area contributed by atoms with E-state index >= 15 is 0 Å². The van der Waals surface area contributed by atoms with Gasteiger partial charge in [-0.05, 0) is 43.7 Å². The molecule has 0 heterocycles. The number of carbonyl (C=O) groups excluding carboxylic acids is 1. The normalized spacial score (nSPS) is 10.3. The number of aryl methyl sites for hydroxylation is 1. The summed E-state index contributed by atoms with van der Waals surface area (Å²) < 4.78 is 0. The molecule has 0 spiro atoms. The zero-order chi connectivity index (χ0) is 17.7. The largest absolute Gasteiger partial charge is 0.338 e. The number of amides is 2. The third-order valence-electron chi connectivity index (χ3n) is 3.09. The average molecular weight is 366 g/mol. The van der Waals surface area contributed by atoms with E-state index in [1.807, 2.05) is 19.1 Å². The highest BCUT2D eigenvalue weighted by molar-refractivity contribution is 7.99. The van der Waals surface area contributed by atoms with Gasteiger partial charge in [0, 0.05) is 34.2 Å². The monoisotopic (exact) mass is 365 g/mol. The SMILES string of the molecule is CCNC(=O)Nc1ccc(Sc2c(C)cc([N+](=O)[O-])cc2Cl)cc1. The van der Waals surface area contributed by atoms with E-state index in [1.165, 1.54) is 23.9 Å². The summed E-state index contributed by atoms with van der Waals surface area (Å²) in [5, 5.41) is 16.6. The molecular weight excluding hydrogens is 350 g/mol. The Bertz CT molecular complexity index is 743. The molecule has 0 atom stereocenters. The van der Waals surface area contributed by atoms with E-state index in [0.29, 0.717) is 17.3 Å². The van der Waals surface area contributed by atoms with Crippen LogP contribution in [0.15, 0.2) is 46.2 Å². The zero-order valence-corrected chi connectivity index (χ0v) is 14.7. The summed E-state index contributed by atoms with van der Waals surface area (Å²) in [6, 6.07) is 9.86. The lowest BCUT2D eigenvalue weighted by molar-refractivity contribution is -0.384. The molecule has 0 unspecified atom stereocenters. The van der Waals surface area contributed by atoms with Crippen LogP contribution < -0.4 is 10.6 Å². The number of carbonyl (C=O) groups is 1. The fourth-order valence-electron chi connectivity index (χ4n) is 2.01. The quantitative estimate of drug-likeness (QED) is 0.586. The molecule has 2 aromatic rings. The fourth-order valence-corrected chi connectivity index (χ4v) is 3.27. The Morgan fingerprint density at radius 2 is 1.96 bits per heavy atom. The summed E-state index contributed by atoms with van der Waals surface area (Å²) in [7, 11) is 0. The number of halogens is 1. The summed E-state index contributed by atoms with van der Waals surface area (Å²) in [5.41, 5.74) is 1.39. The van der Waals surface area contributed by atoms with Gasteiger partial charge in [0.2, 0.25) is 0 Å². The Balaban J connectivity index is 2.14. The van der Waals surface area contributed by atoms with E-state index in [4.69, 9.17) is 11.6 Å². The summed E-state index contributed by atoms with van der Waals surface area (Å²) in [6.07, 6.45) is 0. The standard InChI is InChI=1S/C16H16ClN3O3S/c1-3-18-16(21)19-11-4-6-13(7-5-11)24-15-10(2)8-12(20(22)23)9-14(15)17/h4-9H,3H2,1-2H3,(H2,18,19,21). The highest BCUT2D eigenvalue weighted by Crippen LogP contribution is 2.38. The van der Waals surface area contributed by atoms with Crippen molar-refractivity contribution < 1.29 is 9.72 Å².